The van der Waals surface area contributed by atoms with Crippen LogP contribution in [0.1, 0.15) is 44.2 Å². The molecule has 1 heterocycles. The van der Waals surface area contributed by atoms with E-state index in [-0.39, 0.29) is 0 Å². The number of benzene rings is 2. The average molecular weight is 283 g/mol. The quantitative estimate of drug-likeness (QED) is 0.875. The first-order chi connectivity index (χ1) is 10.4. The molecule has 0 saturated carbocycles. The van der Waals surface area contributed by atoms with Gasteiger partial charge in [-0.3, -0.25) is 0 Å². The predicted octanol–water partition coefficient (Wildman–Crippen LogP) is 4.45. The maximum Gasteiger partial charge on any atom is 0.0593 e. The molecule has 1 fully saturated rings. The Balaban J connectivity index is 1.80. The summed E-state index contributed by atoms with van der Waals surface area (Å²) in [4.78, 5) is 0. The summed E-state index contributed by atoms with van der Waals surface area (Å²) in [5.74, 6) is 0. The van der Waals surface area contributed by atoms with Crippen molar-refractivity contribution in [3.8, 4) is 0 Å². The Labute approximate surface area is 127 Å². The Kier molecular flexibility index (Phi) is 4.89. The molecule has 1 aliphatic rings. The minimum absolute atomic E-state index is 0.391. The predicted molar refractivity (Wildman–Crippen MR) is 88.6 cm³/mol. The summed E-state index contributed by atoms with van der Waals surface area (Å²) >= 11 is 0. The lowest BCUT2D eigenvalue weighted by atomic mass is 9.95. The van der Waals surface area contributed by atoms with Gasteiger partial charge in [0.2, 0.25) is 0 Å². The van der Waals surface area contributed by atoms with Gasteiger partial charge in [-0.25, -0.2) is 0 Å². The minimum Gasteiger partial charge on any atom is -0.378 e. The Morgan fingerprint density at radius 3 is 2.76 bits per heavy atom. The van der Waals surface area contributed by atoms with E-state index in [2.05, 4.69) is 54.7 Å². The summed E-state index contributed by atoms with van der Waals surface area (Å²) in [6.45, 7) is 4.10. The summed E-state index contributed by atoms with van der Waals surface area (Å²) < 4.78 is 5.92. The lowest BCUT2D eigenvalue weighted by Gasteiger charge is -2.28. The van der Waals surface area contributed by atoms with Crippen molar-refractivity contribution >= 4 is 10.8 Å². The van der Waals surface area contributed by atoms with Crippen molar-refractivity contribution in [1.82, 2.24) is 5.32 Å². The van der Waals surface area contributed by atoms with Crippen molar-refractivity contribution in [1.29, 1.82) is 0 Å². The number of hydrogen-bond donors (Lipinski definition) is 1. The molecule has 3 rings (SSSR count). The van der Waals surface area contributed by atoms with Crippen molar-refractivity contribution in [3.63, 3.8) is 0 Å². The van der Waals surface area contributed by atoms with Crippen molar-refractivity contribution in [2.75, 3.05) is 13.2 Å². The number of fused-ring (bicyclic) bond motifs is 1. The monoisotopic (exact) mass is 283 g/mol. The van der Waals surface area contributed by atoms with Gasteiger partial charge in [0.15, 0.2) is 0 Å². The third-order valence-electron chi connectivity index (χ3n) is 4.40. The Bertz CT molecular complexity index is 575. The molecule has 112 valence electrons. The van der Waals surface area contributed by atoms with Gasteiger partial charge in [0.05, 0.1) is 6.10 Å². The second kappa shape index (κ2) is 7.06. The van der Waals surface area contributed by atoms with Gasteiger partial charge in [-0.2, -0.15) is 0 Å². The lowest BCUT2D eigenvalue weighted by Crippen LogP contribution is -2.28. The third-order valence-corrected chi connectivity index (χ3v) is 4.40. The molecular weight excluding hydrogens is 258 g/mol. The Morgan fingerprint density at radius 2 is 2.00 bits per heavy atom. The van der Waals surface area contributed by atoms with Crippen LogP contribution in [0.2, 0.25) is 0 Å². The largest absolute Gasteiger partial charge is 0.378 e. The van der Waals surface area contributed by atoms with Crippen molar-refractivity contribution in [2.45, 2.75) is 44.8 Å². The highest BCUT2D eigenvalue weighted by atomic mass is 16.5. The molecule has 2 atom stereocenters. The first-order valence-electron chi connectivity index (χ1n) is 8.20. The van der Waals surface area contributed by atoms with E-state index in [1.807, 2.05) is 0 Å². The highest BCUT2D eigenvalue weighted by molar-refractivity contribution is 5.83. The molecule has 2 aromatic rings. The second-order valence-electron chi connectivity index (χ2n) is 5.94. The summed E-state index contributed by atoms with van der Waals surface area (Å²) in [6.07, 6.45) is 5.22. The van der Waals surface area contributed by atoms with E-state index in [0.29, 0.717) is 12.1 Å². The van der Waals surface area contributed by atoms with Crippen LogP contribution in [0.3, 0.4) is 0 Å². The number of rotatable bonds is 5. The van der Waals surface area contributed by atoms with E-state index in [4.69, 9.17) is 4.74 Å². The van der Waals surface area contributed by atoms with Gasteiger partial charge in [-0.1, -0.05) is 43.3 Å². The van der Waals surface area contributed by atoms with Crippen LogP contribution in [-0.2, 0) is 4.74 Å². The summed E-state index contributed by atoms with van der Waals surface area (Å²) in [5.41, 5.74) is 1.38. The molecule has 0 aromatic heterocycles. The van der Waals surface area contributed by atoms with Gasteiger partial charge in [-0.05, 0) is 54.6 Å². The lowest BCUT2D eigenvalue weighted by molar-refractivity contribution is 0.00514. The number of hydrogen-bond acceptors (Lipinski definition) is 2. The van der Waals surface area contributed by atoms with Crippen molar-refractivity contribution in [2.24, 2.45) is 0 Å². The zero-order valence-corrected chi connectivity index (χ0v) is 12.8. The van der Waals surface area contributed by atoms with Gasteiger partial charge < -0.3 is 10.1 Å². The molecule has 2 unspecified atom stereocenters. The van der Waals surface area contributed by atoms with Gasteiger partial charge >= 0.3 is 0 Å². The molecular formula is C19H25NO. The normalized spacial score (nSPS) is 20.5. The highest BCUT2D eigenvalue weighted by Gasteiger charge is 2.20. The standard InChI is InChI=1S/C19H25NO/c1-2-20-19(14-18-9-5-6-12-21-18)17-11-10-15-7-3-4-8-16(15)13-17/h3-4,7-8,10-11,13,18-20H,2,5-6,9,12,14H2,1H3. The molecule has 1 N–H and O–H groups in total. The van der Waals surface area contributed by atoms with Gasteiger partial charge in [0.25, 0.3) is 0 Å². The first-order valence-corrected chi connectivity index (χ1v) is 8.20. The highest BCUT2D eigenvalue weighted by Crippen LogP contribution is 2.27. The maximum atomic E-state index is 5.92. The van der Waals surface area contributed by atoms with E-state index in [1.54, 1.807) is 0 Å². The SMILES string of the molecule is CCNC(CC1CCCCO1)c1ccc2ccccc2c1. The van der Waals surface area contributed by atoms with Gasteiger partial charge in [0.1, 0.15) is 0 Å². The van der Waals surface area contributed by atoms with Crippen LogP contribution in [0.4, 0.5) is 0 Å². The molecule has 21 heavy (non-hydrogen) atoms. The average Bonchev–Trinajstić information content (AvgIpc) is 2.55. The van der Waals surface area contributed by atoms with Crippen LogP contribution in [0.25, 0.3) is 10.8 Å². The Hall–Kier alpha value is -1.38. The van der Waals surface area contributed by atoms with Crippen LogP contribution < -0.4 is 5.32 Å². The minimum atomic E-state index is 0.391. The molecule has 1 aliphatic heterocycles. The fraction of sp³-hybridized carbons (Fsp3) is 0.474. The fourth-order valence-corrected chi connectivity index (χ4v) is 3.26. The van der Waals surface area contributed by atoms with E-state index in [9.17, 15) is 0 Å². The van der Waals surface area contributed by atoms with E-state index >= 15 is 0 Å². The molecule has 0 radical (unpaired) electrons. The smallest absolute Gasteiger partial charge is 0.0593 e. The first kappa shape index (κ1) is 14.6. The van der Waals surface area contributed by atoms with E-state index in [1.165, 1.54) is 35.6 Å². The molecule has 2 aromatic carbocycles. The summed E-state index contributed by atoms with van der Waals surface area (Å²) in [7, 11) is 0. The topological polar surface area (TPSA) is 21.3 Å². The zero-order chi connectivity index (χ0) is 14.5. The number of ether oxygens (including phenoxy) is 1. The molecule has 0 amide bonds. The molecule has 2 heteroatoms. The van der Waals surface area contributed by atoms with Crippen LogP contribution in [-0.4, -0.2) is 19.3 Å². The number of nitrogens with one attached hydrogen (secondary N) is 1. The maximum absolute atomic E-state index is 5.92. The van der Waals surface area contributed by atoms with E-state index < -0.39 is 0 Å². The molecule has 0 aliphatic carbocycles. The van der Waals surface area contributed by atoms with Crippen LogP contribution in [0, 0.1) is 0 Å². The summed E-state index contributed by atoms with van der Waals surface area (Å²) in [5, 5.41) is 6.26. The van der Waals surface area contributed by atoms with Crippen molar-refractivity contribution in [3.05, 3.63) is 48.0 Å². The van der Waals surface area contributed by atoms with Crippen molar-refractivity contribution < 1.29 is 4.74 Å². The van der Waals surface area contributed by atoms with Crippen LogP contribution >= 0.6 is 0 Å². The zero-order valence-electron chi connectivity index (χ0n) is 12.8. The molecule has 1 saturated heterocycles. The Morgan fingerprint density at radius 1 is 1.14 bits per heavy atom. The third kappa shape index (κ3) is 3.63. The van der Waals surface area contributed by atoms with Crippen LogP contribution in [0.15, 0.2) is 42.5 Å². The van der Waals surface area contributed by atoms with Gasteiger partial charge in [-0.15, -0.1) is 0 Å². The van der Waals surface area contributed by atoms with Crippen LogP contribution in [0.5, 0.6) is 0 Å². The fourth-order valence-electron chi connectivity index (χ4n) is 3.26. The molecule has 0 spiro atoms. The molecule has 0 bridgehead atoms. The second-order valence-corrected chi connectivity index (χ2v) is 5.94. The van der Waals surface area contributed by atoms with E-state index in [0.717, 1.165) is 19.6 Å². The summed E-state index contributed by atoms with van der Waals surface area (Å²) in [6, 6.07) is 15.8. The molecule has 2 nitrogen and oxygen atoms in total. The van der Waals surface area contributed by atoms with Gasteiger partial charge in [0, 0.05) is 12.6 Å².